The van der Waals surface area contributed by atoms with Crippen LogP contribution in [0.2, 0.25) is 0 Å². The van der Waals surface area contributed by atoms with E-state index in [2.05, 4.69) is 40.9 Å². The van der Waals surface area contributed by atoms with Gasteiger partial charge in [0.25, 0.3) is 30.4 Å². The van der Waals surface area contributed by atoms with Gasteiger partial charge in [-0.15, -0.1) is 15.3 Å². The number of azo groups is 4. The lowest BCUT2D eigenvalue weighted by molar-refractivity contribution is 0.481. The first-order valence-corrected chi connectivity index (χ1v) is 20.6. The van der Waals surface area contributed by atoms with Crippen LogP contribution in [0, 0.1) is 0 Å². The molecule has 0 amide bonds. The third-order valence-corrected chi connectivity index (χ3v) is 10.5. The van der Waals surface area contributed by atoms with Crippen molar-refractivity contribution in [2.45, 2.75) is 14.7 Å². The van der Waals surface area contributed by atoms with E-state index in [0.717, 1.165) is 12.1 Å². The van der Waals surface area contributed by atoms with Crippen LogP contribution >= 0.6 is 0 Å². The molecule has 7 N–H and O–H groups in total. The van der Waals surface area contributed by atoms with E-state index in [0.29, 0.717) is 22.7 Å². The van der Waals surface area contributed by atoms with E-state index >= 15 is 0 Å². The first-order valence-electron chi connectivity index (χ1n) is 16.3. The Morgan fingerprint density at radius 3 is 1.41 bits per heavy atom. The van der Waals surface area contributed by atoms with Gasteiger partial charge in [-0.2, -0.15) is 50.8 Å². The Hall–Kier alpha value is -6.95. The van der Waals surface area contributed by atoms with E-state index < -0.39 is 40.1 Å². The Kier molecular flexibility index (Phi) is 11.7. The van der Waals surface area contributed by atoms with Gasteiger partial charge in [0, 0.05) is 5.56 Å². The Balaban J connectivity index is 1.27. The van der Waals surface area contributed by atoms with Crippen molar-refractivity contribution >= 4 is 87.2 Å². The van der Waals surface area contributed by atoms with Crippen LogP contribution < -0.4 is 11.5 Å². The highest BCUT2D eigenvalue weighted by Crippen LogP contribution is 2.40. The Labute approximate surface area is 330 Å². The molecule has 294 valence electrons. The highest BCUT2D eigenvalue weighted by Gasteiger charge is 2.21. The number of benzene rings is 6. The van der Waals surface area contributed by atoms with Crippen LogP contribution in [-0.2, 0) is 30.4 Å². The molecular formula is C36H28N10O9S3. The lowest BCUT2D eigenvalue weighted by Crippen LogP contribution is -2.03. The summed E-state index contributed by atoms with van der Waals surface area (Å²) in [5.74, 6) is 0. The second-order valence-electron chi connectivity index (χ2n) is 11.9. The fourth-order valence-electron chi connectivity index (χ4n) is 4.98. The molecule has 19 nitrogen and oxygen atoms in total. The lowest BCUT2D eigenvalue weighted by Gasteiger charge is -2.12. The number of nitrogen functional groups attached to an aromatic ring is 2. The Bertz CT molecular complexity index is 2980. The molecule has 22 heteroatoms. The van der Waals surface area contributed by atoms with E-state index in [-0.39, 0.29) is 50.1 Å². The second-order valence-corrected chi connectivity index (χ2v) is 16.1. The van der Waals surface area contributed by atoms with Crippen molar-refractivity contribution < 1.29 is 38.9 Å². The van der Waals surface area contributed by atoms with Gasteiger partial charge in [0.05, 0.1) is 44.7 Å². The molecule has 0 aromatic heterocycles. The minimum absolute atomic E-state index is 0.0799. The van der Waals surface area contributed by atoms with Gasteiger partial charge in [-0.3, -0.25) is 13.7 Å². The molecule has 0 spiro atoms. The Morgan fingerprint density at radius 2 is 0.845 bits per heavy atom. The van der Waals surface area contributed by atoms with E-state index in [1.54, 1.807) is 54.6 Å². The third kappa shape index (κ3) is 10.3. The summed E-state index contributed by atoms with van der Waals surface area (Å²) in [6.07, 6.45) is 0. The second kappa shape index (κ2) is 16.6. The first kappa shape index (κ1) is 40.7. The van der Waals surface area contributed by atoms with E-state index in [1.807, 2.05) is 0 Å². The molecule has 6 rings (SSSR count). The average Bonchev–Trinajstić information content (AvgIpc) is 3.18. The van der Waals surface area contributed by atoms with Crippen LogP contribution in [0.15, 0.2) is 183 Å². The van der Waals surface area contributed by atoms with Crippen LogP contribution in [0.3, 0.4) is 0 Å². The van der Waals surface area contributed by atoms with Crippen LogP contribution in [0.25, 0.3) is 11.1 Å². The molecule has 0 unspecified atom stereocenters. The summed E-state index contributed by atoms with van der Waals surface area (Å²) in [4.78, 5) is -1.52. The minimum Gasteiger partial charge on any atom is -0.397 e. The summed E-state index contributed by atoms with van der Waals surface area (Å²) in [5.41, 5.74) is 13.6. The molecule has 0 fully saturated rings. The highest BCUT2D eigenvalue weighted by atomic mass is 32.2. The van der Waals surface area contributed by atoms with Gasteiger partial charge >= 0.3 is 0 Å². The SMILES string of the molecule is Nc1ccc(-c2cc(N=Nc3ccc(N=Nc4ccccc4)cc3S(=O)(=O)O)c(N)cc2S(=O)(=O)O)cc1N=Nc1ccc(N=Nc2ccc(S(=O)(=O)O)cc2)cc1. The number of rotatable bonds is 12. The maximum absolute atomic E-state index is 12.5. The van der Waals surface area contributed by atoms with Gasteiger partial charge < -0.3 is 11.5 Å². The smallest absolute Gasteiger partial charge is 0.296 e. The topological polar surface area (TPSA) is 314 Å². The third-order valence-electron chi connectivity index (χ3n) is 7.81. The summed E-state index contributed by atoms with van der Waals surface area (Å²) >= 11 is 0. The summed E-state index contributed by atoms with van der Waals surface area (Å²) in [6, 6.07) is 30.1. The van der Waals surface area contributed by atoms with Crippen LogP contribution in [-0.4, -0.2) is 38.9 Å². The first-order chi connectivity index (χ1) is 27.4. The van der Waals surface area contributed by atoms with Gasteiger partial charge in [-0.25, -0.2) is 0 Å². The van der Waals surface area contributed by atoms with Crippen LogP contribution in [0.5, 0.6) is 0 Å². The summed E-state index contributed by atoms with van der Waals surface area (Å²) in [7, 11) is -14.1. The van der Waals surface area contributed by atoms with Gasteiger partial charge in [0.2, 0.25) is 0 Å². The van der Waals surface area contributed by atoms with Crippen LogP contribution in [0.1, 0.15) is 0 Å². The molecule has 0 aliphatic rings. The molecule has 0 aliphatic heterocycles. The zero-order chi connectivity index (χ0) is 41.7. The maximum atomic E-state index is 12.5. The number of nitrogens with two attached hydrogens (primary N) is 2. The van der Waals surface area contributed by atoms with Crippen molar-refractivity contribution in [1.29, 1.82) is 0 Å². The fraction of sp³-hybridized carbons (Fsp3) is 0. The summed E-state index contributed by atoms with van der Waals surface area (Å²) in [6.45, 7) is 0. The number of nitrogens with zero attached hydrogens (tertiary/aromatic N) is 8. The molecule has 0 radical (unpaired) electrons. The van der Waals surface area contributed by atoms with E-state index in [1.165, 1.54) is 60.7 Å². The fourth-order valence-corrected chi connectivity index (χ4v) is 6.83. The summed E-state index contributed by atoms with van der Waals surface area (Å²) in [5, 5.41) is 32.5. The van der Waals surface area contributed by atoms with Crippen molar-refractivity contribution in [3.05, 3.63) is 127 Å². The quantitative estimate of drug-likeness (QED) is 0.0438. The largest absolute Gasteiger partial charge is 0.397 e. The number of hydrogen-bond acceptors (Lipinski definition) is 16. The van der Waals surface area contributed by atoms with Crippen molar-refractivity contribution in [3.8, 4) is 11.1 Å². The average molecular weight is 841 g/mol. The molecule has 6 aromatic rings. The molecular weight excluding hydrogens is 813 g/mol. The van der Waals surface area contributed by atoms with Gasteiger partial charge in [-0.05, 0) is 109 Å². The standard InChI is InChI=1S/C36H28N10O9S3/c37-30-16-6-22(18-33(30)45-42-25-9-7-24(8-10-25)40-41-26-11-14-28(15-12-26)56(47,48)49)29-20-34(31(38)21-35(29)57(50,51)52)46-44-32-17-13-27(19-36(32)58(53,54)55)43-39-23-4-2-1-3-5-23/h1-21H,37-38H2,(H,47,48,49)(H,50,51,52)(H,53,54,55). The molecule has 0 atom stereocenters. The van der Waals surface area contributed by atoms with Crippen molar-refractivity contribution in [2.75, 3.05) is 11.5 Å². The minimum atomic E-state index is -4.88. The molecule has 0 saturated carbocycles. The molecule has 0 heterocycles. The van der Waals surface area contributed by atoms with Crippen molar-refractivity contribution in [2.24, 2.45) is 40.9 Å². The van der Waals surface area contributed by atoms with Gasteiger partial charge in [0.15, 0.2) is 0 Å². The Morgan fingerprint density at radius 1 is 0.379 bits per heavy atom. The molecule has 0 saturated heterocycles. The van der Waals surface area contributed by atoms with Crippen LogP contribution in [0.4, 0.5) is 56.9 Å². The predicted octanol–water partition coefficient (Wildman–Crippen LogP) is 9.92. The van der Waals surface area contributed by atoms with Gasteiger partial charge in [0.1, 0.15) is 26.9 Å². The molecule has 58 heavy (non-hydrogen) atoms. The maximum Gasteiger partial charge on any atom is 0.296 e. The summed E-state index contributed by atoms with van der Waals surface area (Å²) < 4.78 is 101. The zero-order valence-corrected chi connectivity index (χ0v) is 31.8. The number of hydrogen-bond donors (Lipinski definition) is 5. The van der Waals surface area contributed by atoms with Crippen molar-refractivity contribution in [1.82, 2.24) is 0 Å². The molecule has 6 aromatic carbocycles. The van der Waals surface area contributed by atoms with E-state index in [4.69, 9.17) is 16.0 Å². The number of anilines is 2. The predicted molar refractivity (Wildman–Crippen MR) is 213 cm³/mol. The molecule has 0 aliphatic carbocycles. The monoisotopic (exact) mass is 840 g/mol. The van der Waals surface area contributed by atoms with Crippen molar-refractivity contribution in [3.63, 3.8) is 0 Å². The lowest BCUT2D eigenvalue weighted by atomic mass is 10.0. The van der Waals surface area contributed by atoms with E-state index in [9.17, 15) is 34.4 Å². The highest BCUT2D eigenvalue weighted by molar-refractivity contribution is 7.86. The normalized spacial score (nSPS) is 12.7. The zero-order valence-electron chi connectivity index (χ0n) is 29.4. The van der Waals surface area contributed by atoms with Gasteiger partial charge in [-0.1, -0.05) is 24.3 Å². The molecule has 0 bridgehead atoms.